The highest BCUT2D eigenvalue weighted by molar-refractivity contribution is 7.13. The number of aryl methyl sites for hydroxylation is 1. The van der Waals surface area contributed by atoms with Gasteiger partial charge in [0.25, 0.3) is 5.91 Å². The van der Waals surface area contributed by atoms with E-state index in [1.54, 1.807) is 12.1 Å². The second-order valence-corrected chi connectivity index (χ2v) is 9.08. The first kappa shape index (κ1) is 24.1. The fourth-order valence-electron chi connectivity index (χ4n) is 3.77. The molecule has 1 amide bonds. The quantitative estimate of drug-likeness (QED) is 0.442. The number of methoxy groups -OCH3 is 1. The minimum absolute atomic E-state index is 0.166. The molecule has 0 spiro atoms. The van der Waals surface area contributed by atoms with Crippen molar-refractivity contribution in [2.24, 2.45) is 0 Å². The van der Waals surface area contributed by atoms with Crippen molar-refractivity contribution in [2.75, 3.05) is 13.7 Å². The van der Waals surface area contributed by atoms with Gasteiger partial charge in [0, 0.05) is 23.8 Å². The summed E-state index contributed by atoms with van der Waals surface area (Å²) >= 11 is 1.29. The molecule has 2 heterocycles. The third kappa shape index (κ3) is 5.61. The molecule has 1 N–H and O–H groups in total. The van der Waals surface area contributed by atoms with E-state index in [-0.39, 0.29) is 12.5 Å². The predicted molar refractivity (Wildman–Crippen MR) is 119 cm³/mol. The van der Waals surface area contributed by atoms with E-state index < -0.39 is 36.4 Å². The molecule has 8 heteroatoms. The predicted octanol–water partition coefficient (Wildman–Crippen LogP) is 4.42. The number of hydrogen-bond acceptors (Lipinski definition) is 5. The number of rotatable bonds is 9. The lowest BCUT2D eigenvalue weighted by molar-refractivity contribution is -0.148. The summed E-state index contributed by atoms with van der Waals surface area (Å²) in [7, 11) is 1.31. The molecule has 1 aromatic carbocycles. The van der Waals surface area contributed by atoms with Crippen LogP contribution in [0.2, 0.25) is 0 Å². The van der Waals surface area contributed by atoms with Gasteiger partial charge in [-0.1, -0.05) is 49.4 Å². The van der Waals surface area contributed by atoms with Crippen LogP contribution in [0.4, 0.5) is 8.78 Å². The number of thiophene rings is 1. The summed E-state index contributed by atoms with van der Waals surface area (Å²) in [5.41, 5.74) is 0.941. The summed E-state index contributed by atoms with van der Waals surface area (Å²) in [4.78, 5) is 26.4. The van der Waals surface area contributed by atoms with Crippen molar-refractivity contribution in [3.8, 4) is 0 Å². The van der Waals surface area contributed by atoms with E-state index in [1.165, 1.54) is 35.5 Å². The number of likely N-dealkylation sites (tertiary alicyclic amines) is 1. The molecule has 0 radical (unpaired) electrons. The molecule has 172 valence electrons. The SMILES string of the molecule is COC(=O)c1ccc(CCCN2C(=O)C(F)(F)CC2C=CC(O)C(C)c2ccccc2)s1. The topological polar surface area (TPSA) is 66.8 Å². The zero-order chi connectivity index (χ0) is 23.3. The van der Waals surface area contributed by atoms with E-state index >= 15 is 0 Å². The smallest absolute Gasteiger partial charge is 0.348 e. The fraction of sp³-hybridized carbons (Fsp3) is 0.417. The Bertz CT molecular complexity index is 960. The molecule has 1 aromatic heterocycles. The second kappa shape index (κ2) is 10.4. The van der Waals surface area contributed by atoms with E-state index in [2.05, 4.69) is 4.74 Å². The molecule has 3 atom stereocenters. The molecule has 5 nitrogen and oxygen atoms in total. The molecule has 3 rings (SSSR count). The van der Waals surface area contributed by atoms with Crippen molar-refractivity contribution >= 4 is 23.2 Å². The van der Waals surface area contributed by atoms with Gasteiger partial charge in [-0.15, -0.1) is 11.3 Å². The third-order valence-corrected chi connectivity index (χ3v) is 6.80. The summed E-state index contributed by atoms with van der Waals surface area (Å²) < 4.78 is 32.9. The number of nitrogens with zero attached hydrogens (tertiary/aromatic N) is 1. The van der Waals surface area contributed by atoms with Crippen molar-refractivity contribution in [1.82, 2.24) is 4.90 Å². The molecule has 2 aromatic rings. The number of aliphatic hydroxyl groups excluding tert-OH is 1. The van der Waals surface area contributed by atoms with Crippen LogP contribution in [0, 0.1) is 0 Å². The average Bonchev–Trinajstić information content (AvgIpc) is 3.35. The lowest BCUT2D eigenvalue weighted by Crippen LogP contribution is -2.36. The van der Waals surface area contributed by atoms with Gasteiger partial charge in [-0.25, -0.2) is 4.79 Å². The maximum atomic E-state index is 14.1. The molecule has 1 aliphatic rings. The number of esters is 1. The largest absolute Gasteiger partial charge is 0.465 e. The summed E-state index contributed by atoms with van der Waals surface area (Å²) in [5, 5.41) is 10.5. The van der Waals surface area contributed by atoms with Gasteiger partial charge in [0.1, 0.15) is 4.88 Å². The highest BCUT2D eigenvalue weighted by Crippen LogP contribution is 2.35. The molecular formula is C24H27F2NO4S. The van der Waals surface area contributed by atoms with Gasteiger partial charge in [0.2, 0.25) is 0 Å². The van der Waals surface area contributed by atoms with E-state index in [4.69, 9.17) is 0 Å². The van der Waals surface area contributed by atoms with Crippen molar-refractivity contribution in [1.29, 1.82) is 0 Å². The van der Waals surface area contributed by atoms with Crippen LogP contribution < -0.4 is 0 Å². The Balaban J connectivity index is 1.61. The minimum atomic E-state index is -3.41. The number of carbonyl (C=O) groups is 2. The molecule has 0 saturated carbocycles. The average molecular weight is 464 g/mol. The second-order valence-electron chi connectivity index (χ2n) is 7.91. The molecule has 1 fully saturated rings. The molecule has 1 aliphatic heterocycles. The molecule has 32 heavy (non-hydrogen) atoms. The van der Waals surface area contributed by atoms with Crippen molar-refractivity contribution < 1.29 is 28.2 Å². The number of amides is 1. The lowest BCUT2D eigenvalue weighted by Gasteiger charge is -2.22. The van der Waals surface area contributed by atoms with Crippen molar-refractivity contribution in [3.63, 3.8) is 0 Å². The Labute approximate surface area is 190 Å². The first-order valence-electron chi connectivity index (χ1n) is 10.5. The van der Waals surface area contributed by atoms with Gasteiger partial charge in [0.15, 0.2) is 0 Å². The Hall–Kier alpha value is -2.58. The summed E-state index contributed by atoms with van der Waals surface area (Å²) in [6.45, 7) is 2.03. The van der Waals surface area contributed by atoms with Crippen LogP contribution in [0.3, 0.4) is 0 Å². The normalized spacial score (nSPS) is 20.0. The van der Waals surface area contributed by atoms with Gasteiger partial charge in [-0.3, -0.25) is 4.79 Å². The maximum Gasteiger partial charge on any atom is 0.348 e. The summed E-state index contributed by atoms with van der Waals surface area (Å²) in [5.74, 6) is -5.21. The number of carbonyl (C=O) groups excluding carboxylic acids is 2. The highest BCUT2D eigenvalue weighted by atomic mass is 32.1. The van der Waals surface area contributed by atoms with E-state index in [1.807, 2.05) is 37.3 Å². The summed E-state index contributed by atoms with van der Waals surface area (Å²) in [6, 6.07) is 12.1. The van der Waals surface area contributed by atoms with Gasteiger partial charge in [-0.2, -0.15) is 8.78 Å². The van der Waals surface area contributed by atoms with Crippen LogP contribution in [-0.2, 0) is 16.0 Å². The molecular weight excluding hydrogens is 436 g/mol. The summed E-state index contributed by atoms with van der Waals surface area (Å²) in [6.07, 6.45) is 2.61. The lowest BCUT2D eigenvalue weighted by atomic mass is 9.94. The van der Waals surface area contributed by atoms with Crippen LogP contribution >= 0.6 is 11.3 Å². The number of halogens is 2. The van der Waals surface area contributed by atoms with E-state index in [0.717, 1.165) is 10.4 Å². The van der Waals surface area contributed by atoms with Crippen LogP contribution in [0.25, 0.3) is 0 Å². The van der Waals surface area contributed by atoms with Crippen LogP contribution in [0.15, 0.2) is 54.6 Å². The fourth-order valence-corrected chi connectivity index (χ4v) is 4.74. The Morgan fingerprint density at radius 1 is 1.31 bits per heavy atom. The number of alkyl halides is 2. The number of aliphatic hydroxyl groups is 1. The number of benzene rings is 1. The first-order chi connectivity index (χ1) is 15.2. The zero-order valence-corrected chi connectivity index (χ0v) is 18.9. The van der Waals surface area contributed by atoms with E-state index in [0.29, 0.717) is 17.7 Å². The van der Waals surface area contributed by atoms with Gasteiger partial charge in [0.05, 0.1) is 19.3 Å². The molecule has 3 unspecified atom stereocenters. The van der Waals surface area contributed by atoms with Crippen molar-refractivity contribution in [3.05, 3.63) is 69.9 Å². The Kier molecular flexibility index (Phi) is 7.79. The van der Waals surface area contributed by atoms with Gasteiger partial charge in [-0.05, 0) is 30.5 Å². The highest BCUT2D eigenvalue weighted by Gasteiger charge is 2.52. The molecule has 1 saturated heterocycles. The van der Waals surface area contributed by atoms with Crippen LogP contribution in [-0.4, -0.2) is 53.6 Å². The van der Waals surface area contributed by atoms with Gasteiger partial charge >= 0.3 is 11.9 Å². The Morgan fingerprint density at radius 3 is 2.72 bits per heavy atom. The molecule has 0 aliphatic carbocycles. The first-order valence-corrected chi connectivity index (χ1v) is 11.3. The van der Waals surface area contributed by atoms with Crippen molar-refractivity contribution in [2.45, 2.75) is 50.2 Å². The number of hydrogen-bond donors (Lipinski definition) is 1. The minimum Gasteiger partial charge on any atom is -0.465 e. The van der Waals surface area contributed by atoms with Crippen LogP contribution in [0.5, 0.6) is 0 Å². The maximum absolute atomic E-state index is 14.1. The number of ether oxygens (including phenoxy) is 1. The van der Waals surface area contributed by atoms with E-state index in [9.17, 15) is 23.5 Å². The van der Waals surface area contributed by atoms with Crippen LogP contribution in [0.1, 0.15) is 45.8 Å². The monoisotopic (exact) mass is 463 g/mol. The zero-order valence-electron chi connectivity index (χ0n) is 18.0. The molecule has 0 bridgehead atoms. The standard InChI is InChI=1S/C24H27F2NO4S/c1-16(17-7-4-3-5-8-17)20(28)12-10-18-15-24(25,26)23(30)27(18)14-6-9-19-11-13-21(32-19)22(29)31-2/h3-5,7-8,10-13,16,18,20,28H,6,9,14-15H2,1-2H3. The third-order valence-electron chi connectivity index (χ3n) is 5.68. The Morgan fingerprint density at radius 2 is 2.03 bits per heavy atom. The van der Waals surface area contributed by atoms with Gasteiger partial charge < -0.3 is 14.7 Å².